The second kappa shape index (κ2) is 7.17. The molecule has 2 unspecified atom stereocenters. The van der Waals surface area contributed by atoms with Gasteiger partial charge >= 0.3 is 11.9 Å². The van der Waals surface area contributed by atoms with Gasteiger partial charge in [0.15, 0.2) is 5.78 Å². The van der Waals surface area contributed by atoms with E-state index in [4.69, 9.17) is 18.9 Å². The third-order valence-corrected chi connectivity index (χ3v) is 9.29. The minimum absolute atomic E-state index is 0.143. The maximum Gasteiger partial charge on any atom is 0.333 e. The molecular formula is C25H34O6. The predicted molar refractivity (Wildman–Crippen MR) is 113 cm³/mol. The van der Waals surface area contributed by atoms with Crippen molar-refractivity contribution in [1.29, 1.82) is 0 Å². The summed E-state index contributed by atoms with van der Waals surface area (Å²) in [5, 5.41) is 0. The Labute approximate surface area is 184 Å². The highest BCUT2D eigenvalue weighted by Gasteiger charge is 2.70. The summed E-state index contributed by atoms with van der Waals surface area (Å²) in [7, 11) is 2.95. The summed E-state index contributed by atoms with van der Waals surface area (Å²) in [5.74, 6) is 1.53. The quantitative estimate of drug-likeness (QED) is 0.481. The van der Waals surface area contributed by atoms with Crippen LogP contribution in [-0.4, -0.2) is 37.5 Å². The lowest BCUT2D eigenvalue weighted by molar-refractivity contribution is -0.331. The lowest BCUT2D eigenvalue weighted by Gasteiger charge is -2.55. The lowest BCUT2D eigenvalue weighted by atomic mass is 9.50. The molecule has 31 heavy (non-hydrogen) atoms. The Kier molecular flexibility index (Phi) is 4.91. The minimum Gasteiger partial charge on any atom is -0.466 e. The molecule has 1 heterocycles. The van der Waals surface area contributed by atoms with Gasteiger partial charge in [-0.1, -0.05) is 12.5 Å². The number of ether oxygens (including phenoxy) is 4. The van der Waals surface area contributed by atoms with Crippen LogP contribution in [0.4, 0.5) is 0 Å². The van der Waals surface area contributed by atoms with Crippen LogP contribution in [0.5, 0.6) is 0 Å². The Morgan fingerprint density at radius 1 is 1.10 bits per heavy atom. The van der Waals surface area contributed by atoms with Crippen molar-refractivity contribution in [1.82, 2.24) is 0 Å². The molecule has 0 amide bonds. The summed E-state index contributed by atoms with van der Waals surface area (Å²) in [6.45, 7) is 4.10. The van der Waals surface area contributed by atoms with E-state index in [1.54, 1.807) is 14.0 Å². The number of ketones is 1. The van der Waals surface area contributed by atoms with Crippen molar-refractivity contribution in [2.24, 2.45) is 29.1 Å². The molecule has 1 saturated heterocycles. The zero-order valence-corrected chi connectivity index (χ0v) is 19.1. The zero-order valence-electron chi connectivity index (χ0n) is 19.1. The topological polar surface area (TPSA) is 71.1 Å². The van der Waals surface area contributed by atoms with E-state index < -0.39 is 17.5 Å². The summed E-state index contributed by atoms with van der Waals surface area (Å²) >= 11 is 0. The number of hydrogen-bond acceptors (Lipinski definition) is 6. The monoisotopic (exact) mass is 430 g/mol. The van der Waals surface area contributed by atoms with E-state index in [9.17, 15) is 9.59 Å². The van der Waals surface area contributed by atoms with E-state index in [0.29, 0.717) is 41.6 Å². The fourth-order valence-electron chi connectivity index (χ4n) is 7.82. The van der Waals surface area contributed by atoms with Crippen molar-refractivity contribution >= 4 is 11.8 Å². The summed E-state index contributed by atoms with van der Waals surface area (Å²) in [6.07, 6.45) is 11.3. The lowest BCUT2D eigenvalue weighted by Crippen LogP contribution is -2.54. The van der Waals surface area contributed by atoms with Gasteiger partial charge in [-0.2, -0.15) is 0 Å². The van der Waals surface area contributed by atoms with Gasteiger partial charge in [0.25, 0.3) is 0 Å². The van der Waals surface area contributed by atoms with Crippen LogP contribution in [-0.2, 0) is 28.5 Å². The largest absolute Gasteiger partial charge is 0.466 e. The van der Waals surface area contributed by atoms with Crippen LogP contribution in [0, 0.1) is 29.1 Å². The first kappa shape index (κ1) is 21.2. The number of carbonyl (C=O) groups is 2. The SMILES string of the molecule is COC(=O)/C=C1/OC(C)(OC)O[C@]12CC[C@H]1[C@@H]3CCC4=CC(=O)CCC4[C@H]3CC[C@@]12C. The average Bonchev–Trinajstić information content (AvgIpc) is 3.22. The van der Waals surface area contributed by atoms with Gasteiger partial charge in [0.1, 0.15) is 11.4 Å². The fourth-order valence-corrected chi connectivity index (χ4v) is 7.82. The molecule has 4 aliphatic carbocycles. The van der Waals surface area contributed by atoms with Crippen molar-refractivity contribution in [3.63, 3.8) is 0 Å². The molecule has 6 nitrogen and oxygen atoms in total. The normalized spacial score (nSPS) is 47.4. The maximum atomic E-state index is 12.2. The van der Waals surface area contributed by atoms with Gasteiger partial charge in [-0.3, -0.25) is 4.79 Å². The molecular weight excluding hydrogens is 396 g/mol. The van der Waals surface area contributed by atoms with Gasteiger partial charge in [0.05, 0.1) is 13.2 Å². The molecule has 4 fully saturated rings. The third kappa shape index (κ3) is 2.97. The summed E-state index contributed by atoms with van der Waals surface area (Å²) in [5.41, 5.74) is 0.573. The molecule has 0 aromatic carbocycles. The third-order valence-electron chi connectivity index (χ3n) is 9.29. The molecule has 0 N–H and O–H groups in total. The highest BCUT2D eigenvalue weighted by Crippen LogP contribution is 2.69. The van der Waals surface area contributed by atoms with Crippen molar-refractivity contribution in [2.75, 3.05) is 14.2 Å². The molecule has 1 aliphatic heterocycles. The molecule has 6 heteroatoms. The fraction of sp³-hybridized carbons (Fsp3) is 0.760. The molecule has 170 valence electrons. The molecule has 7 atom stereocenters. The Hall–Kier alpha value is -1.66. The first-order chi connectivity index (χ1) is 14.7. The molecule has 3 saturated carbocycles. The van der Waals surface area contributed by atoms with Crippen molar-refractivity contribution in [3.05, 3.63) is 23.5 Å². The molecule has 0 radical (unpaired) electrons. The Bertz CT molecular complexity index is 860. The van der Waals surface area contributed by atoms with Crippen LogP contribution >= 0.6 is 0 Å². The highest BCUT2D eigenvalue weighted by atomic mass is 16.9. The molecule has 0 bridgehead atoms. The minimum atomic E-state index is -1.21. The number of fused-ring (bicyclic) bond motifs is 6. The number of carbonyl (C=O) groups excluding carboxylic acids is 2. The van der Waals surface area contributed by atoms with Crippen molar-refractivity contribution in [2.45, 2.75) is 76.8 Å². The number of allylic oxidation sites excluding steroid dienone is 1. The molecule has 0 aromatic rings. The van der Waals surface area contributed by atoms with Crippen LogP contribution in [0.15, 0.2) is 23.5 Å². The van der Waals surface area contributed by atoms with Gasteiger partial charge in [0, 0.05) is 25.9 Å². The number of esters is 1. The van der Waals surface area contributed by atoms with Gasteiger partial charge in [-0.15, -0.1) is 0 Å². The predicted octanol–water partition coefficient (Wildman–Crippen LogP) is 4.29. The molecule has 5 rings (SSSR count). The van der Waals surface area contributed by atoms with E-state index in [-0.39, 0.29) is 5.41 Å². The number of hydrogen-bond donors (Lipinski definition) is 0. The first-order valence-corrected chi connectivity index (χ1v) is 11.7. The molecule has 5 aliphatic rings. The maximum absolute atomic E-state index is 12.2. The Balaban J connectivity index is 1.50. The Morgan fingerprint density at radius 2 is 1.90 bits per heavy atom. The molecule has 1 spiro atoms. The standard InChI is InChI=1S/C25H34O6/c1-23-11-9-18-17-8-6-16(26)13-15(17)5-7-19(18)20(23)10-12-25(23)21(14-22(27)28-3)30-24(2,29-4)31-25/h13-14,17-20H,5-12H2,1-4H3/b21-14+/t17?,18-,19-,20+,23+,24?,25-/m1/s1. The molecule has 0 aromatic heterocycles. The van der Waals surface area contributed by atoms with Crippen molar-refractivity contribution in [3.8, 4) is 0 Å². The Morgan fingerprint density at radius 3 is 2.65 bits per heavy atom. The second-order valence-electron chi connectivity index (χ2n) is 10.4. The van der Waals surface area contributed by atoms with E-state index in [2.05, 4.69) is 6.92 Å². The van der Waals surface area contributed by atoms with Crippen molar-refractivity contribution < 1.29 is 28.5 Å². The van der Waals surface area contributed by atoms with Crippen LogP contribution < -0.4 is 0 Å². The first-order valence-electron chi connectivity index (χ1n) is 11.7. The van der Waals surface area contributed by atoms with Crippen LogP contribution in [0.1, 0.15) is 65.2 Å². The highest BCUT2D eigenvalue weighted by molar-refractivity contribution is 5.91. The average molecular weight is 431 g/mol. The van der Waals surface area contributed by atoms with Gasteiger partial charge in [-0.25, -0.2) is 4.79 Å². The zero-order chi connectivity index (χ0) is 22.0. The number of rotatable bonds is 2. The van der Waals surface area contributed by atoms with E-state index >= 15 is 0 Å². The summed E-state index contributed by atoms with van der Waals surface area (Å²) in [4.78, 5) is 24.1. The van der Waals surface area contributed by atoms with E-state index in [0.717, 1.165) is 44.9 Å². The van der Waals surface area contributed by atoms with Crippen LogP contribution in [0.2, 0.25) is 0 Å². The smallest absolute Gasteiger partial charge is 0.333 e. The van der Waals surface area contributed by atoms with E-state index in [1.807, 2.05) is 6.08 Å². The van der Waals surface area contributed by atoms with Gasteiger partial charge in [-0.05, 0) is 74.7 Å². The van der Waals surface area contributed by atoms with Crippen LogP contribution in [0.3, 0.4) is 0 Å². The van der Waals surface area contributed by atoms with Crippen LogP contribution in [0.25, 0.3) is 0 Å². The van der Waals surface area contributed by atoms with E-state index in [1.165, 1.54) is 18.8 Å². The summed E-state index contributed by atoms with van der Waals surface area (Å²) < 4.78 is 23.2. The van der Waals surface area contributed by atoms with Gasteiger partial charge < -0.3 is 18.9 Å². The number of methoxy groups -OCH3 is 2. The second-order valence-corrected chi connectivity index (χ2v) is 10.4. The summed E-state index contributed by atoms with van der Waals surface area (Å²) in [6, 6.07) is 0. The van der Waals surface area contributed by atoms with Gasteiger partial charge in [0.2, 0.25) is 0 Å².